The summed E-state index contributed by atoms with van der Waals surface area (Å²) in [5, 5.41) is 6.18. The molecule has 3 rings (SSSR count). The van der Waals surface area contributed by atoms with Gasteiger partial charge in [0.2, 0.25) is 11.2 Å². The van der Waals surface area contributed by atoms with Crippen LogP contribution in [0.2, 0.25) is 10.4 Å². The first-order valence-electron chi connectivity index (χ1n) is 6.44. The number of nitrogens with zero attached hydrogens (tertiary/aromatic N) is 2. The number of amides is 1. The number of carbonyl (C=O) groups is 1. The standard InChI is InChI=1S/C14H12Cl2N4O/c15-11-6-12(20-14(16)18-11)19-13(21)9-5-8-3-1-2-4-10(8)17-7-9/h1-4,6,9,17H,5,7H2,(H,18,19,20,21). The predicted octanol–water partition coefficient (Wildman–Crippen LogP) is 3.01. The SMILES string of the molecule is O=C(Nc1cc(Cl)nc(Cl)n1)C1CNc2ccccc2C1. The monoisotopic (exact) mass is 322 g/mol. The van der Waals surface area contributed by atoms with Crippen molar-refractivity contribution in [2.24, 2.45) is 5.92 Å². The Labute approximate surface area is 131 Å². The van der Waals surface area contributed by atoms with Crippen LogP contribution in [-0.4, -0.2) is 22.4 Å². The van der Waals surface area contributed by atoms with E-state index in [1.165, 1.54) is 6.07 Å². The van der Waals surface area contributed by atoms with Gasteiger partial charge in [-0.2, -0.15) is 0 Å². The van der Waals surface area contributed by atoms with Crippen molar-refractivity contribution in [2.75, 3.05) is 17.2 Å². The molecule has 0 saturated carbocycles. The van der Waals surface area contributed by atoms with Crippen LogP contribution in [0.3, 0.4) is 0 Å². The van der Waals surface area contributed by atoms with Crippen LogP contribution in [0.1, 0.15) is 5.56 Å². The fraction of sp³-hybridized carbons (Fsp3) is 0.214. The van der Waals surface area contributed by atoms with Gasteiger partial charge in [0.15, 0.2) is 0 Å². The largest absolute Gasteiger partial charge is 0.384 e. The molecule has 0 fully saturated rings. The maximum atomic E-state index is 12.3. The van der Waals surface area contributed by atoms with E-state index < -0.39 is 0 Å². The number of hydrogen-bond donors (Lipinski definition) is 2. The molecule has 1 atom stereocenters. The van der Waals surface area contributed by atoms with Gasteiger partial charge in [-0.1, -0.05) is 29.8 Å². The van der Waals surface area contributed by atoms with Crippen LogP contribution in [0.25, 0.3) is 0 Å². The maximum absolute atomic E-state index is 12.3. The van der Waals surface area contributed by atoms with Gasteiger partial charge in [0.05, 0.1) is 5.92 Å². The zero-order chi connectivity index (χ0) is 14.8. The van der Waals surface area contributed by atoms with Crippen LogP contribution in [0.15, 0.2) is 30.3 Å². The highest BCUT2D eigenvalue weighted by molar-refractivity contribution is 6.32. The Kier molecular flexibility index (Phi) is 3.94. The summed E-state index contributed by atoms with van der Waals surface area (Å²) in [5.41, 5.74) is 2.21. The average molecular weight is 323 g/mol. The molecule has 5 nitrogen and oxygen atoms in total. The van der Waals surface area contributed by atoms with Crippen molar-refractivity contribution in [1.82, 2.24) is 9.97 Å². The highest BCUT2D eigenvalue weighted by Crippen LogP contribution is 2.25. The van der Waals surface area contributed by atoms with E-state index in [2.05, 4.69) is 20.6 Å². The lowest BCUT2D eigenvalue weighted by molar-refractivity contribution is -0.119. The van der Waals surface area contributed by atoms with Gasteiger partial charge in [-0.15, -0.1) is 0 Å². The zero-order valence-corrected chi connectivity index (χ0v) is 12.4. The molecule has 0 saturated heterocycles. The smallest absolute Gasteiger partial charge is 0.230 e. The second-order valence-corrected chi connectivity index (χ2v) is 5.50. The van der Waals surface area contributed by atoms with Crippen LogP contribution < -0.4 is 10.6 Å². The Morgan fingerprint density at radius 3 is 2.90 bits per heavy atom. The summed E-state index contributed by atoms with van der Waals surface area (Å²) in [5.74, 6) is 0.0131. The van der Waals surface area contributed by atoms with Crippen LogP contribution in [0.5, 0.6) is 0 Å². The topological polar surface area (TPSA) is 66.9 Å². The van der Waals surface area contributed by atoms with Crippen molar-refractivity contribution in [2.45, 2.75) is 6.42 Å². The summed E-state index contributed by atoms with van der Waals surface area (Å²) in [6.07, 6.45) is 0.682. The predicted molar refractivity (Wildman–Crippen MR) is 82.8 cm³/mol. The molecule has 21 heavy (non-hydrogen) atoms. The first kappa shape index (κ1) is 14.1. The maximum Gasteiger partial charge on any atom is 0.230 e. The van der Waals surface area contributed by atoms with Crippen LogP contribution in [0, 0.1) is 5.92 Å². The summed E-state index contributed by atoms with van der Waals surface area (Å²) in [7, 11) is 0. The minimum Gasteiger partial charge on any atom is -0.384 e. The van der Waals surface area contributed by atoms with Crippen molar-refractivity contribution < 1.29 is 4.79 Å². The van der Waals surface area contributed by atoms with Crippen LogP contribution in [0.4, 0.5) is 11.5 Å². The third-order valence-corrected chi connectivity index (χ3v) is 3.67. The summed E-state index contributed by atoms with van der Waals surface area (Å²) >= 11 is 11.5. The molecule has 108 valence electrons. The minimum absolute atomic E-state index is 0.00455. The Balaban J connectivity index is 1.72. The Morgan fingerprint density at radius 1 is 1.29 bits per heavy atom. The van der Waals surface area contributed by atoms with Gasteiger partial charge in [0, 0.05) is 18.3 Å². The molecule has 0 bridgehead atoms. The number of para-hydroxylation sites is 1. The lowest BCUT2D eigenvalue weighted by atomic mass is 9.93. The average Bonchev–Trinajstić information content (AvgIpc) is 2.45. The van der Waals surface area contributed by atoms with E-state index >= 15 is 0 Å². The second-order valence-electron chi connectivity index (χ2n) is 4.77. The van der Waals surface area contributed by atoms with Gasteiger partial charge in [0.1, 0.15) is 11.0 Å². The van der Waals surface area contributed by atoms with E-state index in [0.717, 1.165) is 11.3 Å². The number of nitrogens with one attached hydrogen (secondary N) is 2. The fourth-order valence-electron chi connectivity index (χ4n) is 2.31. The molecule has 1 amide bonds. The molecule has 2 N–H and O–H groups in total. The van der Waals surface area contributed by atoms with Gasteiger partial charge in [-0.3, -0.25) is 4.79 Å². The number of carbonyl (C=O) groups excluding carboxylic acids is 1. The number of hydrogen-bond acceptors (Lipinski definition) is 4. The summed E-state index contributed by atoms with van der Waals surface area (Å²) < 4.78 is 0. The van der Waals surface area contributed by atoms with Crippen LogP contribution >= 0.6 is 23.2 Å². The van der Waals surface area contributed by atoms with Crippen molar-refractivity contribution in [3.8, 4) is 0 Å². The Hall–Kier alpha value is -1.85. The molecule has 7 heteroatoms. The molecular formula is C14H12Cl2N4O. The van der Waals surface area contributed by atoms with Gasteiger partial charge in [0.25, 0.3) is 0 Å². The van der Waals surface area contributed by atoms with Gasteiger partial charge in [-0.25, -0.2) is 9.97 Å². The van der Waals surface area contributed by atoms with Crippen molar-refractivity contribution in [1.29, 1.82) is 0 Å². The van der Waals surface area contributed by atoms with Crippen LogP contribution in [-0.2, 0) is 11.2 Å². The van der Waals surface area contributed by atoms with Gasteiger partial charge < -0.3 is 10.6 Å². The van der Waals surface area contributed by atoms with Crippen molar-refractivity contribution in [3.63, 3.8) is 0 Å². The number of rotatable bonds is 2. The normalized spacial score (nSPS) is 16.8. The summed E-state index contributed by atoms with van der Waals surface area (Å²) in [6, 6.07) is 9.42. The number of anilines is 2. The van der Waals surface area contributed by atoms with Gasteiger partial charge in [-0.05, 0) is 29.7 Å². The lowest BCUT2D eigenvalue weighted by Crippen LogP contribution is -2.34. The molecule has 0 radical (unpaired) electrons. The summed E-state index contributed by atoms with van der Waals surface area (Å²) in [4.78, 5) is 20.0. The first-order valence-corrected chi connectivity index (χ1v) is 7.20. The quantitative estimate of drug-likeness (QED) is 0.659. The number of aromatic nitrogens is 2. The van der Waals surface area contributed by atoms with Crippen molar-refractivity contribution in [3.05, 3.63) is 46.3 Å². The summed E-state index contributed by atoms with van der Waals surface area (Å²) in [6.45, 7) is 0.579. The first-order chi connectivity index (χ1) is 10.1. The third kappa shape index (κ3) is 3.25. The lowest BCUT2D eigenvalue weighted by Gasteiger charge is -2.25. The molecule has 0 aliphatic carbocycles. The third-order valence-electron chi connectivity index (χ3n) is 3.31. The molecule has 1 unspecified atom stereocenters. The highest BCUT2D eigenvalue weighted by atomic mass is 35.5. The number of benzene rings is 1. The Bertz CT molecular complexity index is 672. The highest BCUT2D eigenvalue weighted by Gasteiger charge is 2.24. The molecule has 2 aromatic rings. The van der Waals surface area contributed by atoms with E-state index in [4.69, 9.17) is 23.2 Å². The zero-order valence-electron chi connectivity index (χ0n) is 10.9. The number of fused-ring (bicyclic) bond motifs is 1. The molecule has 1 aromatic carbocycles. The number of halogens is 2. The van der Waals surface area contributed by atoms with E-state index in [9.17, 15) is 4.79 Å². The van der Waals surface area contributed by atoms with E-state index in [-0.39, 0.29) is 22.3 Å². The van der Waals surface area contributed by atoms with E-state index in [0.29, 0.717) is 18.8 Å². The Morgan fingerprint density at radius 2 is 2.10 bits per heavy atom. The van der Waals surface area contributed by atoms with E-state index in [1.807, 2.05) is 24.3 Å². The fourth-order valence-corrected chi connectivity index (χ4v) is 2.72. The van der Waals surface area contributed by atoms with E-state index in [1.54, 1.807) is 0 Å². The molecule has 1 aromatic heterocycles. The molecule has 1 aliphatic rings. The molecule has 0 spiro atoms. The van der Waals surface area contributed by atoms with Crippen molar-refractivity contribution >= 4 is 40.6 Å². The molecule has 2 heterocycles. The molecular weight excluding hydrogens is 311 g/mol. The minimum atomic E-state index is -0.174. The second kappa shape index (κ2) is 5.87. The van der Waals surface area contributed by atoms with Gasteiger partial charge >= 0.3 is 0 Å². The molecule has 1 aliphatic heterocycles.